The first-order valence-corrected chi connectivity index (χ1v) is 7.43. The van der Waals surface area contributed by atoms with E-state index in [1.54, 1.807) is 0 Å². The zero-order chi connectivity index (χ0) is 14.5. The van der Waals surface area contributed by atoms with Gasteiger partial charge in [0.25, 0.3) is 0 Å². The van der Waals surface area contributed by atoms with Crippen molar-refractivity contribution >= 4 is 5.97 Å². The van der Waals surface area contributed by atoms with E-state index in [1.165, 1.54) is 0 Å². The van der Waals surface area contributed by atoms with Crippen molar-refractivity contribution in [1.29, 1.82) is 0 Å². The van der Waals surface area contributed by atoms with Crippen LogP contribution in [0.1, 0.15) is 60.3 Å². The Kier molecular flexibility index (Phi) is 5.81. The summed E-state index contributed by atoms with van der Waals surface area (Å²) in [6.07, 6.45) is 3.56. The summed E-state index contributed by atoms with van der Waals surface area (Å²) >= 11 is 0. The van der Waals surface area contributed by atoms with Crippen LogP contribution >= 0.6 is 0 Å². The van der Waals surface area contributed by atoms with Crippen LogP contribution in [0.25, 0.3) is 0 Å². The second kappa shape index (κ2) is 6.71. The molecule has 0 aliphatic heterocycles. The number of ether oxygens (including phenoxy) is 2. The van der Waals surface area contributed by atoms with Crippen LogP contribution in [-0.2, 0) is 14.3 Å². The SMILES string of the molecule is CCCNC1(C(=O)OCC)CCC(OC(C)(C)C)C1. The van der Waals surface area contributed by atoms with E-state index in [-0.39, 0.29) is 17.7 Å². The highest BCUT2D eigenvalue weighted by molar-refractivity contribution is 5.81. The largest absolute Gasteiger partial charge is 0.465 e. The minimum atomic E-state index is -0.540. The zero-order valence-corrected chi connectivity index (χ0v) is 13.0. The molecule has 112 valence electrons. The van der Waals surface area contributed by atoms with Crippen LogP contribution in [0.3, 0.4) is 0 Å². The van der Waals surface area contributed by atoms with Gasteiger partial charge < -0.3 is 14.8 Å². The second-order valence-electron chi connectivity index (χ2n) is 6.32. The van der Waals surface area contributed by atoms with Gasteiger partial charge in [0, 0.05) is 6.42 Å². The van der Waals surface area contributed by atoms with E-state index >= 15 is 0 Å². The number of nitrogens with one attached hydrogen (secondary N) is 1. The van der Waals surface area contributed by atoms with Crippen molar-refractivity contribution in [3.05, 3.63) is 0 Å². The van der Waals surface area contributed by atoms with Gasteiger partial charge in [0.15, 0.2) is 0 Å². The summed E-state index contributed by atoms with van der Waals surface area (Å²) in [6, 6.07) is 0. The maximum Gasteiger partial charge on any atom is 0.326 e. The highest BCUT2D eigenvalue weighted by Crippen LogP contribution is 2.35. The lowest BCUT2D eigenvalue weighted by Crippen LogP contribution is -2.52. The predicted molar refractivity (Wildman–Crippen MR) is 76.1 cm³/mol. The highest BCUT2D eigenvalue weighted by atomic mass is 16.5. The molecule has 4 nitrogen and oxygen atoms in total. The standard InChI is InChI=1S/C15H29NO3/c1-6-10-16-15(13(17)18-7-2)9-8-12(11-15)19-14(3,4)5/h12,16H,6-11H2,1-5H3. The Labute approximate surface area is 117 Å². The van der Waals surface area contributed by atoms with Gasteiger partial charge in [0.05, 0.1) is 18.3 Å². The van der Waals surface area contributed by atoms with Crippen LogP contribution in [0.2, 0.25) is 0 Å². The Bertz CT molecular complexity index is 298. The molecule has 1 N–H and O–H groups in total. The van der Waals surface area contributed by atoms with Crippen LogP contribution < -0.4 is 5.32 Å². The van der Waals surface area contributed by atoms with Gasteiger partial charge in [-0.3, -0.25) is 4.79 Å². The Balaban J connectivity index is 2.70. The number of rotatable bonds is 6. The molecular formula is C15H29NO3. The topological polar surface area (TPSA) is 47.6 Å². The van der Waals surface area contributed by atoms with Crippen molar-refractivity contribution in [3.63, 3.8) is 0 Å². The Hall–Kier alpha value is -0.610. The lowest BCUT2D eigenvalue weighted by atomic mass is 9.97. The maximum atomic E-state index is 12.2. The zero-order valence-electron chi connectivity index (χ0n) is 13.0. The summed E-state index contributed by atoms with van der Waals surface area (Å²) in [5.41, 5.74) is -0.706. The molecule has 1 rings (SSSR count). The maximum absolute atomic E-state index is 12.2. The molecule has 19 heavy (non-hydrogen) atoms. The van der Waals surface area contributed by atoms with E-state index in [0.29, 0.717) is 13.0 Å². The molecular weight excluding hydrogens is 242 g/mol. The first kappa shape index (κ1) is 16.4. The Morgan fingerprint density at radius 1 is 1.37 bits per heavy atom. The fourth-order valence-electron chi connectivity index (χ4n) is 2.65. The van der Waals surface area contributed by atoms with Gasteiger partial charge in [0.1, 0.15) is 5.54 Å². The van der Waals surface area contributed by atoms with Gasteiger partial charge in [0.2, 0.25) is 0 Å². The Morgan fingerprint density at radius 2 is 2.05 bits per heavy atom. The lowest BCUT2D eigenvalue weighted by Gasteiger charge is -2.30. The molecule has 1 aliphatic rings. The normalized spacial score (nSPS) is 27.5. The molecule has 1 saturated carbocycles. The minimum absolute atomic E-state index is 0.122. The lowest BCUT2D eigenvalue weighted by molar-refractivity contribution is -0.152. The van der Waals surface area contributed by atoms with Crippen LogP contribution in [0, 0.1) is 0 Å². The van der Waals surface area contributed by atoms with Crippen molar-refractivity contribution in [2.75, 3.05) is 13.2 Å². The number of carbonyl (C=O) groups is 1. The van der Waals surface area contributed by atoms with E-state index in [9.17, 15) is 4.79 Å². The molecule has 1 aliphatic carbocycles. The molecule has 2 atom stereocenters. The molecule has 4 heteroatoms. The van der Waals surface area contributed by atoms with E-state index < -0.39 is 5.54 Å². The van der Waals surface area contributed by atoms with Gasteiger partial charge in [-0.2, -0.15) is 0 Å². The van der Waals surface area contributed by atoms with Gasteiger partial charge in [-0.15, -0.1) is 0 Å². The smallest absolute Gasteiger partial charge is 0.326 e. The van der Waals surface area contributed by atoms with Crippen LogP contribution in [0.5, 0.6) is 0 Å². The van der Waals surface area contributed by atoms with E-state index in [2.05, 4.69) is 33.0 Å². The molecule has 0 aromatic heterocycles. The van der Waals surface area contributed by atoms with Crippen LogP contribution in [0.15, 0.2) is 0 Å². The van der Waals surface area contributed by atoms with Crippen molar-refractivity contribution < 1.29 is 14.3 Å². The minimum Gasteiger partial charge on any atom is -0.465 e. The highest BCUT2D eigenvalue weighted by Gasteiger charge is 2.47. The number of carbonyl (C=O) groups excluding carboxylic acids is 1. The summed E-state index contributed by atoms with van der Waals surface area (Å²) in [5, 5.41) is 3.39. The second-order valence-corrected chi connectivity index (χ2v) is 6.32. The molecule has 0 aromatic carbocycles. The first-order valence-electron chi connectivity index (χ1n) is 7.43. The molecule has 0 heterocycles. The number of hydrogen-bond donors (Lipinski definition) is 1. The van der Waals surface area contributed by atoms with E-state index in [0.717, 1.165) is 25.8 Å². The molecule has 0 aromatic rings. The fourth-order valence-corrected chi connectivity index (χ4v) is 2.65. The molecule has 2 unspecified atom stereocenters. The summed E-state index contributed by atoms with van der Waals surface area (Å²) in [7, 11) is 0. The number of esters is 1. The number of hydrogen-bond acceptors (Lipinski definition) is 4. The molecule has 0 bridgehead atoms. The predicted octanol–water partition coefficient (Wildman–Crippen LogP) is 2.66. The molecule has 0 radical (unpaired) electrons. The van der Waals surface area contributed by atoms with Crippen molar-refractivity contribution in [2.24, 2.45) is 0 Å². The van der Waals surface area contributed by atoms with Crippen LogP contribution in [0.4, 0.5) is 0 Å². The first-order chi connectivity index (χ1) is 8.83. The average molecular weight is 271 g/mol. The molecule has 0 saturated heterocycles. The summed E-state index contributed by atoms with van der Waals surface area (Å²) in [4.78, 5) is 12.2. The van der Waals surface area contributed by atoms with E-state index in [1.807, 2.05) is 6.92 Å². The third-order valence-corrected chi connectivity index (χ3v) is 3.37. The third kappa shape index (κ3) is 4.77. The Morgan fingerprint density at radius 3 is 2.58 bits per heavy atom. The quantitative estimate of drug-likeness (QED) is 0.755. The van der Waals surface area contributed by atoms with Gasteiger partial charge >= 0.3 is 5.97 Å². The third-order valence-electron chi connectivity index (χ3n) is 3.37. The summed E-state index contributed by atoms with van der Waals surface area (Å²) in [5.74, 6) is -0.122. The van der Waals surface area contributed by atoms with Crippen molar-refractivity contribution in [3.8, 4) is 0 Å². The molecule has 0 amide bonds. The molecule has 0 spiro atoms. The van der Waals surface area contributed by atoms with E-state index in [4.69, 9.17) is 9.47 Å². The van der Waals surface area contributed by atoms with Gasteiger partial charge in [-0.25, -0.2) is 0 Å². The van der Waals surface area contributed by atoms with Gasteiger partial charge in [-0.1, -0.05) is 6.92 Å². The summed E-state index contributed by atoms with van der Waals surface area (Å²) in [6.45, 7) is 11.4. The average Bonchev–Trinajstić information content (AvgIpc) is 2.69. The van der Waals surface area contributed by atoms with Crippen LogP contribution in [-0.4, -0.2) is 36.4 Å². The van der Waals surface area contributed by atoms with Gasteiger partial charge in [-0.05, 0) is 53.5 Å². The van der Waals surface area contributed by atoms with Crippen molar-refractivity contribution in [1.82, 2.24) is 5.32 Å². The summed E-state index contributed by atoms with van der Waals surface area (Å²) < 4.78 is 11.3. The monoisotopic (exact) mass is 271 g/mol. The molecule has 1 fully saturated rings. The fraction of sp³-hybridized carbons (Fsp3) is 0.933. The van der Waals surface area contributed by atoms with Crippen molar-refractivity contribution in [2.45, 2.75) is 77.5 Å².